The topological polar surface area (TPSA) is 52.3 Å². The van der Waals surface area contributed by atoms with Gasteiger partial charge in [0.25, 0.3) is 0 Å². The van der Waals surface area contributed by atoms with E-state index in [1.165, 1.54) is 0 Å². The molecule has 1 aromatic carbocycles. The van der Waals surface area contributed by atoms with Crippen LogP contribution in [-0.2, 0) is 16.1 Å². The second kappa shape index (κ2) is 8.77. The standard InChI is InChI=1S/C11H15NO2.C2H6.H2/c1-2-3-11(13)14-8-9-4-6-10(12)7-5-9;1-2;/h4-7H,2-3,8,12H2,1H3;1-2H3;1H. The van der Waals surface area contributed by atoms with E-state index in [9.17, 15) is 4.79 Å². The minimum absolute atomic E-state index is 0. The molecule has 0 saturated carbocycles. The van der Waals surface area contributed by atoms with Gasteiger partial charge in [-0.2, -0.15) is 0 Å². The second-order valence-corrected chi connectivity index (χ2v) is 3.15. The first kappa shape index (κ1) is 14.5. The van der Waals surface area contributed by atoms with Crippen LogP contribution in [0.25, 0.3) is 0 Å². The van der Waals surface area contributed by atoms with Gasteiger partial charge in [0.15, 0.2) is 0 Å². The van der Waals surface area contributed by atoms with Crippen molar-refractivity contribution in [3.05, 3.63) is 29.8 Å². The molecule has 0 radical (unpaired) electrons. The molecule has 1 rings (SSSR count). The van der Waals surface area contributed by atoms with E-state index in [2.05, 4.69) is 0 Å². The van der Waals surface area contributed by atoms with Crippen molar-refractivity contribution in [1.82, 2.24) is 0 Å². The zero-order chi connectivity index (χ0) is 12.4. The number of carbonyl (C=O) groups excluding carboxylic acids is 1. The molecule has 0 atom stereocenters. The first-order valence-electron chi connectivity index (χ1n) is 5.72. The van der Waals surface area contributed by atoms with Gasteiger partial charge in [0.05, 0.1) is 0 Å². The minimum atomic E-state index is -0.149. The van der Waals surface area contributed by atoms with Gasteiger partial charge in [0.2, 0.25) is 0 Å². The Morgan fingerprint density at radius 2 is 1.88 bits per heavy atom. The maximum absolute atomic E-state index is 11.0. The first-order chi connectivity index (χ1) is 7.72. The Bertz CT molecular complexity index is 299. The van der Waals surface area contributed by atoms with Crippen molar-refractivity contribution in [1.29, 1.82) is 0 Å². The molecule has 3 heteroatoms. The fraction of sp³-hybridized carbons (Fsp3) is 0.462. The van der Waals surface area contributed by atoms with E-state index in [0.717, 1.165) is 12.0 Å². The van der Waals surface area contributed by atoms with E-state index in [-0.39, 0.29) is 7.40 Å². The average molecular weight is 225 g/mol. The number of rotatable bonds is 4. The summed E-state index contributed by atoms with van der Waals surface area (Å²) in [6, 6.07) is 7.30. The van der Waals surface area contributed by atoms with Gasteiger partial charge < -0.3 is 10.5 Å². The highest BCUT2D eigenvalue weighted by Gasteiger charge is 2.00. The maximum atomic E-state index is 11.0. The summed E-state index contributed by atoms with van der Waals surface area (Å²) in [6.07, 6.45) is 1.30. The van der Waals surface area contributed by atoms with Crippen LogP contribution in [0.5, 0.6) is 0 Å². The van der Waals surface area contributed by atoms with E-state index >= 15 is 0 Å². The Morgan fingerprint density at radius 3 is 2.38 bits per heavy atom. The van der Waals surface area contributed by atoms with Crippen molar-refractivity contribution in [2.75, 3.05) is 5.73 Å². The summed E-state index contributed by atoms with van der Waals surface area (Å²) in [5.74, 6) is -0.149. The number of carbonyl (C=O) groups is 1. The average Bonchev–Trinajstić information content (AvgIpc) is 2.31. The molecule has 0 aliphatic carbocycles. The first-order valence-corrected chi connectivity index (χ1v) is 5.72. The van der Waals surface area contributed by atoms with Crippen LogP contribution in [0.15, 0.2) is 24.3 Å². The lowest BCUT2D eigenvalue weighted by molar-refractivity contribution is -0.144. The van der Waals surface area contributed by atoms with E-state index in [1.807, 2.05) is 32.9 Å². The molecule has 0 heterocycles. The van der Waals surface area contributed by atoms with Crippen LogP contribution in [0.4, 0.5) is 5.69 Å². The molecule has 3 nitrogen and oxygen atoms in total. The summed E-state index contributed by atoms with van der Waals surface area (Å²) in [5, 5.41) is 0. The quantitative estimate of drug-likeness (QED) is 0.631. The van der Waals surface area contributed by atoms with Crippen molar-refractivity contribution in [3.8, 4) is 0 Å². The lowest BCUT2D eigenvalue weighted by Crippen LogP contribution is -2.03. The summed E-state index contributed by atoms with van der Waals surface area (Å²) in [7, 11) is 0. The molecule has 0 bridgehead atoms. The molecule has 0 amide bonds. The molecule has 1 aromatic rings. The molecule has 0 aromatic heterocycles. The minimum Gasteiger partial charge on any atom is -0.461 e. The summed E-state index contributed by atoms with van der Waals surface area (Å²) in [6.45, 7) is 6.28. The number of hydrogen-bond acceptors (Lipinski definition) is 3. The van der Waals surface area contributed by atoms with E-state index in [1.54, 1.807) is 12.1 Å². The highest BCUT2D eigenvalue weighted by Crippen LogP contribution is 2.07. The van der Waals surface area contributed by atoms with Gasteiger partial charge in [-0.3, -0.25) is 4.79 Å². The number of hydrogen-bond donors (Lipinski definition) is 1. The van der Waals surface area contributed by atoms with Crippen LogP contribution < -0.4 is 5.73 Å². The fourth-order valence-electron chi connectivity index (χ4n) is 1.05. The molecule has 0 aliphatic rings. The zero-order valence-corrected chi connectivity index (χ0v) is 10.3. The lowest BCUT2D eigenvalue weighted by Gasteiger charge is -2.03. The highest BCUT2D eigenvalue weighted by molar-refractivity contribution is 5.69. The van der Waals surface area contributed by atoms with Gasteiger partial charge in [-0.05, 0) is 24.1 Å². The van der Waals surface area contributed by atoms with Gasteiger partial charge in [-0.1, -0.05) is 32.9 Å². The normalized spacial score (nSPS) is 8.94. The van der Waals surface area contributed by atoms with Crippen LogP contribution >= 0.6 is 0 Å². The third-order valence-corrected chi connectivity index (χ3v) is 1.83. The summed E-state index contributed by atoms with van der Waals surface area (Å²) in [5.41, 5.74) is 7.20. The van der Waals surface area contributed by atoms with Crippen molar-refractivity contribution < 1.29 is 11.0 Å². The van der Waals surface area contributed by atoms with Crippen molar-refractivity contribution in [3.63, 3.8) is 0 Å². The molecule has 92 valence electrons. The third kappa shape index (κ3) is 6.06. The van der Waals surface area contributed by atoms with Crippen LogP contribution in [0, 0.1) is 0 Å². The van der Waals surface area contributed by atoms with Crippen LogP contribution in [0.1, 0.15) is 40.6 Å². The highest BCUT2D eigenvalue weighted by atomic mass is 16.5. The van der Waals surface area contributed by atoms with Crippen LogP contribution in [-0.4, -0.2) is 5.97 Å². The van der Waals surface area contributed by atoms with Crippen LogP contribution in [0.2, 0.25) is 0 Å². The number of nitrogen functional groups attached to an aromatic ring is 1. The number of esters is 1. The lowest BCUT2D eigenvalue weighted by atomic mass is 10.2. The molecule has 0 spiro atoms. The van der Waals surface area contributed by atoms with Gasteiger partial charge in [0.1, 0.15) is 6.61 Å². The predicted octanol–water partition coefficient (Wildman–Crippen LogP) is 3.38. The Kier molecular flexibility index (Phi) is 7.94. The molecule has 0 fully saturated rings. The largest absolute Gasteiger partial charge is 0.461 e. The fourth-order valence-corrected chi connectivity index (χ4v) is 1.05. The van der Waals surface area contributed by atoms with E-state index in [0.29, 0.717) is 18.7 Å². The number of ether oxygens (including phenoxy) is 1. The monoisotopic (exact) mass is 225 g/mol. The molecule has 2 N–H and O–H groups in total. The predicted molar refractivity (Wildman–Crippen MR) is 69.0 cm³/mol. The molecule has 16 heavy (non-hydrogen) atoms. The smallest absolute Gasteiger partial charge is 0.306 e. The third-order valence-electron chi connectivity index (χ3n) is 1.83. The van der Waals surface area contributed by atoms with Crippen molar-refractivity contribution >= 4 is 11.7 Å². The Hall–Kier alpha value is -1.51. The van der Waals surface area contributed by atoms with Crippen molar-refractivity contribution in [2.24, 2.45) is 0 Å². The molecular formula is C13H23NO2. The molecular weight excluding hydrogens is 202 g/mol. The summed E-state index contributed by atoms with van der Waals surface area (Å²) in [4.78, 5) is 11.0. The van der Waals surface area contributed by atoms with Gasteiger partial charge in [-0.25, -0.2) is 0 Å². The summed E-state index contributed by atoms with van der Waals surface area (Å²) >= 11 is 0. The summed E-state index contributed by atoms with van der Waals surface area (Å²) < 4.78 is 5.03. The Labute approximate surface area is 99.1 Å². The maximum Gasteiger partial charge on any atom is 0.306 e. The Balaban J connectivity index is 0. The van der Waals surface area contributed by atoms with Crippen molar-refractivity contribution in [2.45, 2.75) is 40.2 Å². The molecule has 0 unspecified atom stereocenters. The van der Waals surface area contributed by atoms with Gasteiger partial charge >= 0.3 is 5.97 Å². The van der Waals surface area contributed by atoms with Crippen LogP contribution in [0.3, 0.4) is 0 Å². The second-order valence-electron chi connectivity index (χ2n) is 3.15. The number of anilines is 1. The van der Waals surface area contributed by atoms with Gasteiger partial charge in [0, 0.05) is 13.5 Å². The number of benzene rings is 1. The van der Waals surface area contributed by atoms with E-state index < -0.39 is 0 Å². The molecule has 0 aliphatic heterocycles. The molecule has 0 saturated heterocycles. The SMILES string of the molecule is CC.CCCC(=O)OCc1ccc(N)cc1.[HH]. The van der Waals surface area contributed by atoms with Gasteiger partial charge in [-0.15, -0.1) is 0 Å². The zero-order valence-electron chi connectivity index (χ0n) is 10.3. The van der Waals surface area contributed by atoms with E-state index in [4.69, 9.17) is 10.5 Å². The Morgan fingerprint density at radius 1 is 1.31 bits per heavy atom. The number of nitrogens with two attached hydrogens (primary N) is 1.